The summed E-state index contributed by atoms with van der Waals surface area (Å²) in [5.74, 6) is 0. The molecular weight excluding hydrogens is 333 g/mol. The van der Waals surface area contributed by atoms with Gasteiger partial charge in [0.05, 0.1) is 26.7 Å². The Morgan fingerprint density at radius 2 is 1.88 bits per heavy atom. The average molecular weight is 352 g/mol. The molecule has 1 nitrogen and oxygen atoms in total. The van der Waals surface area contributed by atoms with Gasteiger partial charge in [0.1, 0.15) is 0 Å². The second-order valence-corrected chi connectivity index (χ2v) is 5.57. The number of hydrogen-bond acceptors (Lipinski definition) is 0. The molecule has 1 atom stereocenters. The van der Waals surface area contributed by atoms with Crippen molar-refractivity contribution in [2.75, 3.05) is 20.6 Å². The Labute approximate surface area is 120 Å². The molecule has 1 aromatic carbocycles. The molecular formula is C13H19ClIN. The summed E-state index contributed by atoms with van der Waals surface area (Å²) >= 11 is 5.88. The highest BCUT2D eigenvalue weighted by Crippen LogP contribution is 2.25. The van der Waals surface area contributed by atoms with Crippen LogP contribution in [0.1, 0.15) is 18.4 Å². The zero-order chi connectivity index (χ0) is 10.9. The van der Waals surface area contributed by atoms with Gasteiger partial charge in [-0.3, -0.25) is 0 Å². The maximum Gasteiger partial charge on any atom is 0.0929 e. The first-order valence-electron chi connectivity index (χ1n) is 5.65. The molecule has 0 amide bonds. The molecule has 0 aromatic heterocycles. The van der Waals surface area contributed by atoms with E-state index < -0.39 is 0 Å². The van der Waals surface area contributed by atoms with Crippen LogP contribution in [0.5, 0.6) is 0 Å². The lowest BCUT2D eigenvalue weighted by Gasteiger charge is -2.31. The van der Waals surface area contributed by atoms with Crippen molar-refractivity contribution in [1.82, 2.24) is 0 Å². The summed E-state index contributed by atoms with van der Waals surface area (Å²) in [7, 11) is 4.68. The third-order valence-corrected chi connectivity index (χ3v) is 3.90. The number of nitrogens with zero attached hydrogens (tertiary/aromatic N) is 1. The first kappa shape index (κ1) is 14.3. The Kier molecular flexibility index (Phi) is 5.08. The second-order valence-electron chi connectivity index (χ2n) is 5.13. The molecule has 1 aliphatic rings. The van der Waals surface area contributed by atoms with E-state index in [1.165, 1.54) is 35.9 Å². The molecule has 2 rings (SSSR count). The lowest BCUT2D eigenvalue weighted by molar-refractivity contribution is -0.902. The zero-order valence-corrected chi connectivity index (χ0v) is 12.8. The first-order valence-corrected chi connectivity index (χ1v) is 6.03. The maximum absolute atomic E-state index is 5.88. The van der Waals surface area contributed by atoms with Crippen molar-refractivity contribution in [3.8, 4) is 0 Å². The van der Waals surface area contributed by atoms with Crippen molar-refractivity contribution in [3.63, 3.8) is 0 Å². The molecule has 0 radical (unpaired) electrons. The van der Waals surface area contributed by atoms with E-state index in [4.69, 9.17) is 11.6 Å². The summed E-state index contributed by atoms with van der Waals surface area (Å²) < 4.78 is 1.17. The van der Waals surface area contributed by atoms with Crippen molar-refractivity contribution in [3.05, 3.63) is 34.9 Å². The summed E-state index contributed by atoms with van der Waals surface area (Å²) in [6, 6.07) is 9.07. The van der Waals surface area contributed by atoms with Gasteiger partial charge in [-0.1, -0.05) is 23.7 Å². The van der Waals surface area contributed by atoms with Gasteiger partial charge in [0.25, 0.3) is 0 Å². The third kappa shape index (κ3) is 3.34. The fourth-order valence-electron chi connectivity index (χ4n) is 2.51. The monoisotopic (exact) mass is 351 g/mol. The molecule has 1 heterocycles. The first-order chi connectivity index (χ1) is 7.08. The molecule has 0 bridgehead atoms. The molecule has 3 heteroatoms. The van der Waals surface area contributed by atoms with Crippen molar-refractivity contribution in [2.45, 2.75) is 25.3 Å². The normalized spacial score (nSPS) is 22.8. The van der Waals surface area contributed by atoms with Crippen LogP contribution in [-0.4, -0.2) is 31.2 Å². The molecule has 90 valence electrons. The van der Waals surface area contributed by atoms with Crippen LogP contribution in [0.15, 0.2) is 24.3 Å². The number of halogens is 2. The average Bonchev–Trinajstić information content (AvgIpc) is 2.50. The zero-order valence-electron chi connectivity index (χ0n) is 9.92. The van der Waals surface area contributed by atoms with Gasteiger partial charge in [0.15, 0.2) is 0 Å². The molecule has 0 saturated carbocycles. The van der Waals surface area contributed by atoms with Crippen LogP contribution in [0, 0.1) is 0 Å². The minimum atomic E-state index is 0. The Balaban J connectivity index is 0.00000128. The van der Waals surface area contributed by atoms with Crippen molar-refractivity contribution in [1.29, 1.82) is 0 Å². The van der Waals surface area contributed by atoms with Crippen LogP contribution in [0.2, 0.25) is 5.02 Å². The van der Waals surface area contributed by atoms with Crippen molar-refractivity contribution in [2.24, 2.45) is 0 Å². The Bertz CT molecular complexity index is 334. The summed E-state index contributed by atoms with van der Waals surface area (Å²) in [6.07, 6.45) is 3.91. The highest BCUT2D eigenvalue weighted by Gasteiger charge is 2.33. The van der Waals surface area contributed by atoms with Crippen LogP contribution in [0.25, 0.3) is 0 Å². The standard InChI is InChI=1S/C13H19ClN.HI/c1-15(2)9-3-4-13(15)10-11-5-7-12(14)8-6-11;/h5-8,13H,3-4,9-10H2,1-2H3;1H/q+1;/p-1. The summed E-state index contributed by atoms with van der Waals surface area (Å²) in [6.45, 7) is 1.32. The summed E-state index contributed by atoms with van der Waals surface area (Å²) in [4.78, 5) is 0. The van der Waals surface area contributed by atoms with E-state index in [2.05, 4.69) is 26.2 Å². The lowest BCUT2D eigenvalue weighted by atomic mass is 10.0. The third-order valence-electron chi connectivity index (χ3n) is 3.64. The molecule has 1 fully saturated rings. The van der Waals surface area contributed by atoms with Gasteiger partial charge in [-0.05, 0) is 17.7 Å². The van der Waals surface area contributed by atoms with E-state index in [9.17, 15) is 0 Å². The predicted molar refractivity (Wildman–Crippen MR) is 65.2 cm³/mol. The molecule has 1 unspecified atom stereocenters. The molecule has 0 spiro atoms. The molecule has 0 N–H and O–H groups in total. The minimum absolute atomic E-state index is 0. The number of rotatable bonds is 2. The maximum atomic E-state index is 5.88. The van der Waals surface area contributed by atoms with Crippen LogP contribution in [-0.2, 0) is 6.42 Å². The van der Waals surface area contributed by atoms with E-state index in [1.807, 2.05) is 12.1 Å². The Morgan fingerprint density at radius 3 is 2.38 bits per heavy atom. The number of quaternary nitrogens is 1. The highest BCUT2D eigenvalue weighted by atomic mass is 127. The molecule has 1 saturated heterocycles. The summed E-state index contributed by atoms with van der Waals surface area (Å²) in [5.41, 5.74) is 1.41. The van der Waals surface area contributed by atoms with Crippen LogP contribution < -0.4 is 24.0 Å². The molecule has 1 aliphatic heterocycles. The quantitative estimate of drug-likeness (QED) is 0.525. The van der Waals surface area contributed by atoms with Crippen LogP contribution >= 0.6 is 11.6 Å². The van der Waals surface area contributed by atoms with E-state index in [0.29, 0.717) is 0 Å². The van der Waals surface area contributed by atoms with Gasteiger partial charge in [-0.25, -0.2) is 0 Å². The molecule has 1 aromatic rings. The molecule has 0 aliphatic carbocycles. The second kappa shape index (κ2) is 5.69. The van der Waals surface area contributed by atoms with E-state index in [0.717, 1.165) is 11.1 Å². The van der Waals surface area contributed by atoms with E-state index >= 15 is 0 Å². The van der Waals surface area contributed by atoms with Gasteiger partial charge in [-0.2, -0.15) is 0 Å². The number of hydrogen-bond donors (Lipinski definition) is 0. The van der Waals surface area contributed by atoms with E-state index in [1.54, 1.807) is 0 Å². The highest BCUT2D eigenvalue weighted by molar-refractivity contribution is 6.30. The van der Waals surface area contributed by atoms with Crippen LogP contribution in [0.3, 0.4) is 0 Å². The molecule has 16 heavy (non-hydrogen) atoms. The van der Waals surface area contributed by atoms with Gasteiger partial charge < -0.3 is 28.5 Å². The lowest BCUT2D eigenvalue weighted by Crippen LogP contribution is -3.00. The van der Waals surface area contributed by atoms with Gasteiger partial charge >= 0.3 is 0 Å². The van der Waals surface area contributed by atoms with Gasteiger partial charge in [0, 0.05) is 24.3 Å². The Morgan fingerprint density at radius 1 is 1.25 bits per heavy atom. The van der Waals surface area contributed by atoms with Crippen molar-refractivity contribution < 1.29 is 28.5 Å². The predicted octanol–water partition coefficient (Wildman–Crippen LogP) is 0.125. The fraction of sp³-hybridized carbons (Fsp3) is 0.538. The number of benzene rings is 1. The SMILES string of the molecule is C[N+]1(C)CCCC1Cc1ccc(Cl)cc1.[I-]. The van der Waals surface area contributed by atoms with Gasteiger partial charge in [0.2, 0.25) is 0 Å². The number of likely N-dealkylation sites (tertiary alicyclic amines) is 1. The topological polar surface area (TPSA) is 0 Å². The number of likely N-dealkylation sites (N-methyl/N-ethyl adjacent to an activating group) is 1. The largest absolute Gasteiger partial charge is 1.00 e. The fourth-order valence-corrected chi connectivity index (χ4v) is 2.63. The smallest absolute Gasteiger partial charge is 0.0929 e. The van der Waals surface area contributed by atoms with Crippen LogP contribution in [0.4, 0.5) is 0 Å². The minimum Gasteiger partial charge on any atom is -1.00 e. The van der Waals surface area contributed by atoms with Gasteiger partial charge in [-0.15, -0.1) is 0 Å². The van der Waals surface area contributed by atoms with Crippen molar-refractivity contribution >= 4 is 11.6 Å². The van der Waals surface area contributed by atoms with E-state index in [-0.39, 0.29) is 24.0 Å². The summed E-state index contributed by atoms with van der Waals surface area (Å²) in [5, 5.41) is 0.832. The Hall–Kier alpha value is 0.200.